The Morgan fingerprint density at radius 1 is 1.19 bits per heavy atom. The highest BCUT2D eigenvalue weighted by molar-refractivity contribution is 9.10. The van der Waals surface area contributed by atoms with Crippen molar-refractivity contribution in [2.75, 3.05) is 18.5 Å². The standard InChI is InChI=1S/C17H17BrFNO/c1-20(16-5-2-4-15(19)12-16)11-3-6-17(21)13-7-9-14(18)10-8-13/h2,4-5,7-10,12H,3,6,11H2,1H3. The van der Waals surface area contributed by atoms with Crippen molar-refractivity contribution in [1.29, 1.82) is 0 Å². The van der Waals surface area contributed by atoms with Crippen molar-refractivity contribution in [2.45, 2.75) is 12.8 Å². The Labute approximate surface area is 132 Å². The minimum Gasteiger partial charge on any atom is -0.375 e. The summed E-state index contributed by atoms with van der Waals surface area (Å²) in [6.07, 6.45) is 1.23. The van der Waals surface area contributed by atoms with E-state index in [-0.39, 0.29) is 11.6 Å². The highest BCUT2D eigenvalue weighted by atomic mass is 79.9. The van der Waals surface area contributed by atoms with E-state index >= 15 is 0 Å². The number of anilines is 1. The molecule has 0 spiro atoms. The fourth-order valence-electron chi connectivity index (χ4n) is 2.10. The maximum atomic E-state index is 13.1. The van der Waals surface area contributed by atoms with Gasteiger partial charge in [0.1, 0.15) is 5.82 Å². The number of benzene rings is 2. The molecule has 4 heteroatoms. The third-order valence-corrected chi connectivity index (χ3v) is 3.84. The number of hydrogen-bond acceptors (Lipinski definition) is 2. The second-order valence-electron chi connectivity index (χ2n) is 4.94. The van der Waals surface area contributed by atoms with Crippen molar-refractivity contribution >= 4 is 27.4 Å². The predicted molar refractivity (Wildman–Crippen MR) is 87.4 cm³/mol. The van der Waals surface area contributed by atoms with Crippen LogP contribution >= 0.6 is 15.9 Å². The first-order valence-electron chi connectivity index (χ1n) is 6.82. The largest absolute Gasteiger partial charge is 0.375 e. The van der Waals surface area contributed by atoms with Crippen LogP contribution in [0.3, 0.4) is 0 Å². The van der Waals surface area contributed by atoms with E-state index in [0.717, 1.165) is 22.1 Å². The molecule has 2 rings (SSSR count). The van der Waals surface area contributed by atoms with Crippen LogP contribution in [-0.4, -0.2) is 19.4 Å². The van der Waals surface area contributed by atoms with Gasteiger partial charge < -0.3 is 4.90 Å². The minimum atomic E-state index is -0.245. The number of halogens is 2. The van der Waals surface area contributed by atoms with Crippen molar-refractivity contribution in [3.63, 3.8) is 0 Å². The van der Waals surface area contributed by atoms with Gasteiger partial charge in [0.15, 0.2) is 5.78 Å². The van der Waals surface area contributed by atoms with Crippen LogP contribution in [0.4, 0.5) is 10.1 Å². The van der Waals surface area contributed by atoms with Crippen molar-refractivity contribution in [1.82, 2.24) is 0 Å². The van der Waals surface area contributed by atoms with E-state index in [1.165, 1.54) is 12.1 Å². The molecule has 0 aliphatic carbocycles. The first-order valence-corrected chi connectivity index (χ1v) is 7.61. The second-order valence-corrected chi connectivity index (χ2v) is 5.85. The Morgan fingerprint density at radius 2 is 1.90 bits per heavy atom. The Morgan fingerprint density at radius 3 is 2.57 bits per heavy atom. The number of carbonyl (C=O) groups excluding carboxylic acids is 1. The Bertz CT molecular complexity index is 612. The molecule has 2 nitrogen and oxygen atoms in total. The van der Waals surface area contributed by atoms with Gasteiger partial charge in [-0.15, -0.1) is 0 Å². The van der Waals surface area contributed by atoms with Gasteiger partial charge in [0, 0.05) is 35.7 Å². The summed E-state index contributed by atoms with van der Waals surface area (Å²) in [5.41, 5.74) is 1.55. The molecule has 2 aromatic carbocycles. The maximum Gasteiger partial charge on any atom is 0.162 e. The summed E-state index contributed by atoms with van der Waals surface area (Å²) in [5.74, 6) is -0.111. The van der Waals surface area contributed by atoms with Crippen LogP contribution in [0.25, 0.3) is 0 Å². The van der Waals surface area contributed by atoms with Gasteiger partial charge in [-0.1, -0.05) is 34.1 Å². The number of nitrogens with zero attached hydrogens (tertiary/aromatic N) is 1. The fraction of sp³-hybridized carbons (Fsp3) is 0.235. The third kappa shape index (κ3) is 4.67. The number of carbonyl (C=O) groups is 1. The van der Waals surface area contributed by atoms with Crippen molar-refractivity contribution < 1.29 is 9.18 Å². The third-order valence-electron chi connectivity index (χ3n) is 3.31. The summed E-state index contributed by atoms with van der Waals surface area (Å²) < 4.78 is 14.1. The molecule has 0 bridgehead atoms. The number of Topliss-reactive ketones (excluding diaryl/α,β-unsaturated/α-hetero) is 1. The lowest BCUT2D eigenvalue weighted by Crippen LogP contribution is -2.19. The molecule has 0 atom stereocenters. The van der Waals surface area contributed by atoms with Gasteiger partial charge in [-0.05, 0) is 36.8 Å². The zero-order valence-corrected chi connectivity index (χ0v) is 13.4. The SMILES string of the molecule is CN(CCCC(=O)c1ccc(Br)cc1)c1cccc(F)c1. The molecule has 0 radical (unpaired) electrons. The van der Waals surface area contributed by atoms with E-state index in [4.69, 9.17) is 0 Å². The van der Waals surface area contributed by atoms with Gasteiger partial charge in [-0.25, -0.2) is 4.39 Å². The Kier molecular flexibility index (Phi) is 5.51. The van der Waals surface area contributed by atoms with E-state index in [2.05, 4.69) is 15.9 Å². The van der Waals surface area contributed by atoms with Gasteiger partial charge in [0.25, 0.3) is 0 Å². The fourth-order valence-corrected chi connectivity index (χ4v) is 2.36. The van der Waals surface area contributed by atoms with Crippen LogP contribution < -0.4 is 4.90 Å². The van der Waals surface area contributed by atoms with E-state index in [1.54, 1.807) is 6.07 Å². The van der Waals surface area contributed by atoms with Crippen molar-refractivity contribution in [3.8, 4) is 0 Å². The first-order chi connectivity index (χ1) is 10.1. The van der Waals surface area contributed by atoms with Crippen molar-refractivity contribution in [2.24, 2.45) is 0 Å². The lowest BCUT2D eigenvalue weighted by atomic mass is 10.1. The molecule has 0 aromatic heterocycles. The summed E-state index contributed by atoms with van der Waals surface area (Å²) in [4.78, 5) is 14.0. The maximum absolute atomic E-state index is 13.1. The normalized spacial score (nSPS) is 10.4. The summed E-state index contributed by atoms with van der Waals surface area (Å²) >= 11 is 3.35. The smallest absolute Gasteiger partial charge is 0.162 e. The summed E-state index contributed by atoms with van der Waals surface area (Å²) in [5, 5.41) is 0. The van der Waals surface area contributed by atoms with Gasteiger partial charge in [-0.2, -0.15) is 0 Å². The van der Waals surface area contributed by atoms with E-state index in [1.807, 2.05) is 42.3 Å². The molecule has 110 valence electrons. The van der Waals surface area contributed by atoms with Gasteiger partial charge in [-0.3, -0.25) is 4.79 Å². The molecule has 21 heavy (non-hydrogen) atoms. The molecule has 0 saturated heterocycles. The van der Waals surface area contributed by atoms with Crippen LogP contribution in [0.15, 0.2) is 53.0 Å². The molecular formula is C17H17BrFNO. The lowest BCUT2D eigenvalue weighted by Gasteiger charge is -2.19. The average molecular weight is 350 g/mol. The number of rotatable bonds is 6. The van der Waals surface area contributed by atoms with Crippen LogP contribution in [0.2, 0.25) is 0 Å². The lowest BCUT2D eigenvalue weighted by molar-refractivity contribution is 0.0980. The van der Waals surface area contributed by atoms with Gasteiger partial charge in [0.05, 0.1) is 0 Å². The zero-order valence-electron chi connectivity index (χ0n) is 11.9. The molecule has 0 amide bonds. The Balaban J connectivity index is 1.83. The van der Waals surface area contributed by atoms with Crippen LogP contribution in [0.5, 0.6) is 0 Å². The highest BCUT2D eigenvalue weighted by Crippen LogP contribution is 2.16. The molecule has 0 N–H and O–H groups in total. The van der Waals surface area contributed by atoms with Gasteiger partial charge in [0.2, 0.25) is 0 Å². The van der Waals surface area contributed by atoms with E-state index < -0.39 is 0 Å². The summed E-state index contributed by atoms with van der Waals surface area (Å²) in [6.45, 7) is 0.714. The van der Waals surface area contributed by atoms with E-state index in [9.17, 15) is 9.18 Å². The van der Waals surface area contributed by atoms with Crippen LogP contribution in [-0.2, 0) is 0 Å². The van der Waals surface area contributed by atoms with Crippen LogP contribution in [0.1, 0.15) is 23.2 Å². The monoisotopic (exact) mass is 349 g/mol. The van der Waals surface area contributed by atoms with Crippen LogP contribution in [0, 0.1) is 5.82 Å². The summed E-state index contributed by atoms with van der Waals surface area (Å²) in [6, 6.07) is 13.8. The molecule has 0 fully saturated rings. The predicted octanol–water partition coefficient (Wildman–Crippen LogP) is 4.69. The minimum absolute atomic E-state index is 0.134. The quantitative estimate of drug-likeness (QED) is 0.705. The Hall–Kier alpha value is -1.68. The second kappa shape index (κ2) is 7.36. The van der Waals surface area contributed by atoms with E-state index in [0.29, 0.717) is 13.0 Å². The molecule has 0 saturated carbocycles. The number of hydrogen-bond donors (Lipinski definition) is 0. The number of ketones is 1. The zero-order chi connectivity index (χ0) is 15.2. The molecule has 0 aliphatic rings. The summed E-state index contributed by atoms with van der Waals surface area (Å²) in [7, 11) is 1.90. The topological polar surface area (TPSA) is 20.3 Å². The molecule has 2 aromatic rings. The van der Waals surface area contributed by atoms with Gasteiger partial charge >= 0.3 is 0 Å². The molecular weight excluding hydrogens is 333 g/mol. The highest BCUT2D eigenvalue weighted by Gasteiger charge is 2.07. The molecule has 0 unspecified atom stereocenters. The average Bonchev–Trinajstić information content (AvgIpc) is 2.47. The first kappa shape index (κ1) is 15.7. The van der Waals surface area contributed by atoms with Crippen molar-refractivity contribution in [3.05, 3.63) is 64.4 Å². The molecule has 0 aliphatic heterocycles. The molecule has 0 heterocycles.